The van der Waals surface area contributed by atoms with Crippen LogP contribution >= 0.6 is 0 Å². The Morgan fingerprint density at radius 3 is 2.67 bits per heavy atom. The van der Waals surface area contributed by atoms with E-state index < -0.39 is 0 Å². The monoisotopic (exact) mass is 403 g/mol. The van der Waals surface area contributed by atoms with E-state index in [1.807, 2.05) is 49.4 Å². The van der Waals surface area contributed by atoms with Crippen LogP contribution in [0.3, 0.4) is 0 Å². The van der Waals surface area contributed by atoms with Gasteiger partial charge < -0.3 is 10.3 Å². The largest absolute Gasteiger partial charge is 0.346 e. The molecular weight excluding hydrogens is 378 g/mol. The van der Waals surface area contributed by atoms with Gasteiger partial charge in [0.25, 0.3) is 5.56 Å². The van der Waals surface area contributed by atoms with Crippen LogP contribution in [-0.4, -0.2) is 25.4 Å². The van der Waals surface area contributed by atoms with E-state index >= 15 is 0 Å². The number of carbonyl (C=O) groups excluding carboxylic acids is 1. The van der Waals surface area contributed by atoms with Crippen molar-refractivity contribution in [1.82, 2.24) is 24.8 Å². The average molecular weight is 403 g/mol. The molecule has 2 aromatic heterocycles. The third kappa shape index (κ3) is 4.40. The van der Waals surface area contributed by atoms with Crippen LogP contribution in [0.5, 0.6) is 0 Å². The Kier molecular flexibility index (Phi) is 5.88. The van der Waals surface area contributed by atoms with Gasteiger partial charge in [-0.2, -0.15) is 0 Å². The molecule has 1 atom stereocenters. The maximum absolute atomic E-state index is 12.5. The van der Waals surface area contributed by atoms with Crippen molar-refractivity contribution in [3.8, 4) is 0 Å². The number of hydrogen-bond donors (Lipinski definition) is 2. The molecule has 0 fully saturated rings. The van der Waals surface area contributed by atoms with E-state index in [4.69, 9.17) is 0 Å². The first-order valence-electron chi connectivity index (χ1n) is 10.3. The van der Waals surface area contributed by atoms with Gasteiger partial charge in [0.1, 0.15) is 5.82 Å². The summed E-state index contributed by atoms with van der Waals surface area (Å²) in [4.78, 5) is 36.8. The summed E-state index contributed by atoms with van der Waals surface area (Å²) in [6, 6.07) is 15.0. The molecule has 0 saturated heterocycles. The molecule has 2 N–H and O–H groups in total. The van der Waals surface area contributed by atoms with Gasteiger partial charge in [0.05, 0.1) is 34.3 Å². The predicted octanol–water partition coefficient (Wildman–Crippen LogP) is 3.71. The molecule has 4 rings (SSSR count). The Hall–Kier alpha value is -3.48. The Labute approximate surface area is 174 Å². The van der Waals surface area contributed by atoms with E-state index in [9.17, 15) is 9.59 Å². The second-order valence-corrected chi connectivity index (χ2v) is 7.50. The first kappa shape index (κ1) is 19.8. The maximum atomic E-state index is 12.5. The van der Waals surface area contributed by atoms with Crippen LogP contribution in [0.4, 0.5) is 0 Å². The summed E-state index contributed by atoms with van der Waals surface area (Å²) in [5.41, 5.74) is 2.56. The van der Waals surface area contributed by atoms with E-state index in [-0.39, 0.29) is 17.5 Å². The Morgan fingerprint density at radius 2 is 1.83 bits per heavy atom. The smallest absolute Gasteiger partial charge is 0.261 e. The molecule has 0 aliphatic carbocycles. The topological polar surface area (TPSA) is 92.7 Å². The number of unbranched alkanes of at least 4 members (excludes halogenated alkanes) is 2. The van der Waals surface area contributed by atoms with Crippen molar-refractivity contribution in [3.05, 3.63) is 71.0 Å². The van der Waals surface area contributed by atoms with Crippen LogP contribution in [0.25, 0.3) is 21.9 Å². The van der Waals surface area contributed by atoms with Crippen molar-refractivity contribution in [2.24, 2.45) is 0 Å². The molecule has 0 aliphatic rings. The Bertz CT molecular complexity index is 1190. The number of rotatable bonds is 8. The molecular formula is C23H25N5O2. The number of H-pyrrole nitrogens is 1. The zero-order valence-electron chi connectivity index (χ0n) is 17.0. The predicted molar refractivity (Wildman–Crippen MR) is 117 cm³/mol. The lowest BCUT2D eigenvalue weighted by molar-refractivity contribution is -0.121. The standard InChI is InChI=1S/C23H25N5O2/c1-16(22-26-19-11-6-7-12-20(19)27-22)25-21(29)13-3-2-8-14-28-15-24-18-10-5-4-9-17(18)23(28)30/h4-7,9-12,15-16H,2-3,8,13-14H2,1H3,(H,25,29)(H,26,27)/t16-/m1/s1. The molecule has 0 saturated carbocycles. The number of aryl methyl sites for hydroxylation is 1. The molecule has 7 nitrogen and oxygen atoms in total. The van der Waals surface area contributed by atoms with E-state index in [0.717, 1.165) is 36.1 Å². The van der Waals surface area contributed by atoms with Crippen LogP contribution in [0.15, 0.2) is 59.7 Å². The molecule has 4 aromatic rings. The maximum Gasteiger partial charge on any atom is 0.261 e. The lowest BCUT2D eigenvalue weighted by atomic mass is 10.1. The van der Waals surface area contributed by atoms with Crippen LogP contribution in [0.2, 0.25) is 0 Å². The first-order chi connectivity index (χ1) is 14.6. The second-order valence-electron chi connectivity index (χ2n) is 7.50. The molecule has 7 heteroatoms. The Balaban J connectivity index is 1.22. The number of nitrogens with one attached hydrogen (secondary N) is 2. The van der Waals surface area contributed by atoms with E-state index in [1.54, 1.807) is 17.0 Å². The fourth-order valence-corrected chi connectivity index (χ4v) is 3.57. The summed E-state index contributed by atoms with van der Waals surface area (Å²) in [5.74, 6) is 0.764. The summed E-state index contributed by atoms with van der Waals surface area (Å²) in [6.07, 6.45) is 4.52. The van der Waals surface area contributed by atoms with Crippen molar-refractivity contribution in [1.29, 1.82) is 0 Å². The minimum atomic E-state index is -0.174. The molecule has 0 spiro atoms. The van der Waals surface area contributed by atoms with Crippen molar-refractivity contribution in [3.63, 3.8) is 0 Å². The molecule has 154 valence electrons. The molecule has 2 aromatic carbocycles. The number of benzene rings is 2. The number of aromatic amines is 1. The summed E-state index contributed by atoms with van der Waals surface area (Å²) < 4.78 is 1.64. The van der Waals surface area contributed by atoms with E-state index in [1.165, 1.54) is 0 Å². The van der Waals surface area contributed by atoms with Gasteiger partial charge in [-0.15, -0.1) is 0 Å². The number of fused-ring (bicyclic) bond motifs is 2. The SMILES string of the molecule is C[C@@H](NC(=O)CCCCCn1cnc2ccccc2c1=O)c1nc2ccccc2[nH]1. The number of hydrogen-bond acceptors (Lipinski definition) is 4. The van der Waals surface area contributed by atoms with E-state index in [0.29, 0.717) is 23.9 Å². The number of imidazole rings is 1. The number of carbonyl (C=O) groups is 1. The third-order valence-electron chi connectivity index (χ3n) is 5.23. The molecule has 30 heavy (non-hydrogen) atoms. The van der Waals surface area contributed by atoms with Gasteiger partial charge in [-0.25, -0.2) is 9.97 Å². The Morgan fingerprint density at radius 1 is 1.07 bits per heavy atom. The quantitative estimate of drug-likeness (QED) is 0.439. The zero-order valence-corrected chi connectivity index (χ0v) is 17.0. The van der Waals surface area contributed by atoms with Gasteiger partial charge in [0, 0.05) is 13.0 Å². The van der Waals surface area contributed by atoms with Gasteiger partial charge in [0.15, 0.2) is 0 Å². The number of para-hydroxylation sites is 3. The fourth-order valence-electron chi connectivity index (χ4n) is 3.57. The highest BCUT2D eigenvalue weighted by Gasteiger charge is 2.13. The minimum Gasteiger partial charge on any atom is -0.346 e. The lowest BCUT2D eigenvalue weighted by Crippen LogP contribution is -2.27. The van der Waals surface area contributed by atoms with Gasteiger partial charge in [-0.3, -0.25) is 14.2 Å². The van der Waals surface area contributed by atoms with Crippen LogP contribution in [-0.2, 0) is 11.3 Å². The average Bonchev–Trinajstić information content (AvgIpc) is 3.20. The van der Waals surface area contributed by atoms with Gasteiger partial charge >= 0.3 is 0 Å². The highest BCUT2D eigenvalue weighted by atomic mass is 16.1. The summed E-state index contributed by atoms with van der Waals surface area (Å²) >= 11 is 0. The van der Waals surface area contributed by atoms with Crippen LogP contribution in [0, 0.1) is 0 Å². The van der Waals surface area contributed by atoms with Gasteiger partial charge in [-0.1, -0.05) is 30.7 Å². The zero-order chi connectivity index (χ0) is 20.9. The van der Waals surface area contributed by atoms with Crippen molar-refractivity contribution in [2.45, 2.75) is 45.2 Å². The summed E-state index contributed by atoms with van der Waals surface area (Å²) in [5, 5.41) is 3.63. The first-order valence-corrected chi connectivity index (χ1v) is 10.3. The third-order valence-corrected chi connectivity index (χ3v) is 5.23. The highest BCUT2D eigenvalue weighted by molar-refractivity contribution is 5.78. The normalized spacial score (nSPS) is 12.3. The molecule has 2 heterocycles. The molecule has 1 amide bonds. The number of amides is 1. The fraction of sp³-hybridized carbons (Fsp3) is 0.304. The number of aromatic nitrogens is 4. The van der Waals surface area contributed by atoms with Gasteiger partial charge in [-0.05, 0) is 44.0 Å². The second kappa shape index (κ2) is 8.90. The number of nitrogens with zero attached hydrogens (tertiary/aromatic N) is 3. The highest BCUT2D eigenvalue weighted by Crippen LogP contribution is 2.15. The van der Waals surface area contributed by atoms with Crippen LogP contribution < -0.4 is 10.9 Å². The van der Waals surface area contributed by atoms with Crippen LogP contribution in [0.1, 0.15) is 44.5 Å². The molecule has 0 aliphatic heterocycles. The lowest BCUT2D eigenvalue weighted by Gasteiger charge is -2.11. The van der Waals surface area contributed by atoms with Crippen molar-refractivity contribution < 1.29 is 4.79 Å². The molecule has 0 unspecified atom stereocenters. The summed E-state index contributed by atoms with van der Waals surface area (Å²) in [7, 11) is 0. The van der Waals surface area contributed by atoms with Crippen molar-refractivity contribution in [2.75, 3.05) is 0 Å². The summed E-state index contributed by atoms with van der Waals surface area (Å²) in [6.45, 7) is 2.53. The van der Waals surface area contributed by atoms with Crippen molar-refractivity contribution >= 4 is 27.8 Å². The molecule has 0 radical (unpaired) electrons. The van der Waals surface area contributed by atoms with Gasteiger partial charge in [0.2, 0.25) is 5.91 Å². The molecule has 0 bridgehead atoms. The van der Waals surface area contributed by atoms with E-state index in [2.05, 4.69) is 20.3 Å². The minimum absolute atomic E-state index is 0.00694.